The SMILES string of the molecule is CN(Cc1ccc(OC(F)F)cc1)C(=O)c1cc(-c2cccs2)nn1-c1ccccc1. The number of carbonyl (C=O) groups is 1. The number of benzene rings is 2. The van der Waals surface area contributed by atoms with Crippen molar-refractivity contribution in [3.05, 3.63) is 89.4 Å². The zero-order chi connectivity index (χ0) is 21.8. The van der Waals surface area contributed by atoms with Crippen LogP contribution in [0.5, 0.6) is 5.75 Å². The van der Waals surface area contributed by atoms with Crippen LogP contribution in [-0.4, -0.2) is 34.2 Å². The zero-order valence-corrected chi connectivity index (χ0v) is 17.4. The highest BCUT2D eigenvalue weighted by Gasteiger charge is 2.21. The fraction of sp³-hybridized carbons (Fsp3) is 0.130. The van der Waals surface area contributed by atoms with E-state index < -0.39 is 6.61 Å². The van der Waals surface area contributed by atoms with Crippen LogP contribution in [0.3, 0.4) is 0 Å². The Morgan fingerprint density at radius 1 is 1.10 bits per heavy atom. The first-order valence-electron chi connectivity index (χ1n) is 9.50. The fourth-order valence-corrected chi connectivity index (χ4v) is 3.84. The van der Waals surface area contributed by atoms with Crippen molar-refractivity contribution >= 4 is 17.2 Å². The van der Waals surface area contributed by atoms with Gasteiger partial charge >= 0.3 is 6.61 Å². The van der Waals surface area contributed by atoms with Gasteiger partial charge in [-0.25, -0.2) is 4.68 Å². The van der Waals surface area contributed by atoms with Crippen LogP contribution in [0.2, 0.25) is 0 Å². The number of aromatic nitrogens is 2. The van der Waals surface area contributed by atoms with Gasteiger partial charge in [-0.05, 0) is 47.3 Å². The Hall–Kier alpha value is -3.52. The van der Waals surface area contributed by atoms with E-state index in [9.17, 15) is 13.6 Å². The van der Waals surface area contributed by atoms with Crippen LogP contribution < -0.4 is 4.74 Å². The molecule has 0 fully saturated rings. The molecular weight excluding hydrogens is 420 g/mol. The van der Waals surface area contributed by atoms with E-state index >= 15 is 0 Å². The summed E-state index contributed by atoms with van der Waals surface area (Å²) in [5, 5.41) is 6.63. The lowest BCUT2D eigenvalue weighted by atomic mass is 10.2. The normalized spacial score (nSPS) is 11.0. The average molecular weight is 439 g/mol. The van der Waals surface area contributed by atoms with Crippen molar-refractivity contribution in [1.29, 1.82) is 0 Å². The highest BCUT2D eigenvalue weighted by Crippen LogP contribution is 2.26. The molecule has 0 atom stereocenters. The van der Waals surface area contributed by atoms with Crippen LogP contribution in [0, 0.1) is 0 Å². The minimum atomic E-state index is -2.87. The minimum Gasteiger partial charge on any atom is -0.435 e. The molecule has 0 saturated heterocycles. The first-order chi connectivity index (χ1) is 15.0. The number of halogens is 2. The number of hydrogen-bond donors (Lipinski definition) is 0. The van der Waals surface area contributed by atoms with Gasteiger partial charge in [-0.2, -0.15) is 13.9 Å². The molecule has 5 nitrogen and oxygen atoms in total. The van der Waals surface area contributed by atoms with Gasteiger partial charge in [0.15, 0.2) is 0 Å². The third-order valence-corrected chi connectivity index (χ3v) is 5.51. The van der Waals surface area contributed by atoms with Crippen LogP contribution >= 0.6 is 11.3 Å². The topological polar surface area (TPSA) is 47.4 Å². The zero-order valence-electron chi connectivity index (χ0n) is 16.6. The van der Waals surface area contributed by atoms with Gasteiger partial charge in [0.1, 0.15) is 17.1 Å². The van der Waals surface area contributed by atoms with E-state index in [0.717, 1.165) is 21.8 Å². The first-order valence-corrected chi connectivity index (χ1v) is 10.4. The predicted molar refractivity (Wildman–Crippen MR) is 116 cm³/mol. The van der Waals surface area contributed by atoms with E-state index in [2.05, 4.69) is 9.84 Å². The number of para-hydroxylation sites is 1. The minimum absolute atomic E-state index is 0.0791. The van der Waals surface area contributed by atoms with E-state index in [4.69, 9.17) is 0 Å². The number of thiophene rings is 1. The number of rotatable bonds is 7. The summed E-state index contributed by atoms with van der Waals surface area (Å²) >= 11 is 1.56. The third-order valence-electron chi connectivity index (χ3n) is 4.62. The molecule has 4 rings (SSSR count). The highest BCUT2D eigenvalue weighted by atomic mass is 32.1. The molecule has 158 valence electrons. The molecule has 0 aliphatic heterocycles. The molecule has 0 radical (unpaired) electrons. The van der Waals surface area contributed by atoms with Gasteiger partial charge in [-0.3, -0.25) is 4.79 Å². The molecular formula is C23H19F2N3O2S. The maximum Gasteiger partial charge on any atom is 0.387 e. The number of nitrogens with zero attached hydrogens (tertiary/aromatic N) is 3. The molecule has 2 heterocycles. The van der Waals surface area contributed by atoms with E-state index in [0.29, 0.717) is 12.2 Å². The monoisotopic (exact) mass is 439 g/mol. The van der Waals surface area contributed by atoms with Crippen molar-refractivity contribution in [2.24, 2.45) is 0 Å². The van der Waals surface area contributed by atoms with Crippen LogP contribution in [-0.2, 0) is 6.54 Å². The molecule has 0 spiro atoms. The molecule has 0 aliphatic carbocycles. The molecule has 2 aromatic heterocycles. The van der Waals surface area contributed by atoms with Gasteiger partial charge in [0.05, 0.1) is 10.6 Å². The van der Waals surface area contributed by atoms with E-state index in [-0.39, 0.29) is 11.7 Å². The van der Waals surface area contributed by atoms with Crippen molar-refractivity contribution < 1.29 is 18.3 Å². The second-order valence-electron chi connectivity index (χ2n) is 6.82. The molecule has 0 unspecified atom stereocenters. The average Bonchev–Trinajstić information content (AvgIpc) is 3.45. The second-order valence-corrected chi connectivity index (χ2v) is 7.77. The Labute approximate surface area is 182 Å². The quantitative estimate of drug-likeness (QED) is 0.383. The molecule has 31 heavy (non-hydrogen) atoms. The summed E-state index contributed by atoms with van der Waals surface area (Å²) in [4.78, 5) is 15.8. The Morgan fingerprint density at radius 3 is 2.48 bits per heavy atom. The largest absolute Gasteiger partial charge is 0.435 e. The van der Waals surface area contributed by atoms with E-state index in [1.165, 1.54) is 12.1 Å². The van der Waals surface area contributed by atoms with Crippen molar-refractivity contribution in [1.82, 2.24) is 14.7 Å². The second kappa shape index (κ2) is 9.09. The molecule has 2 aromatic carbocycles. The number of amides is 1. The summed E-state index contributed by atoms with van der Waals surface area (Å²) in [6.07, 6.45) is 0. The maximum absolute atomic E-state index is 13.3. The number of hydrogen-bond acceptors (Lipinski definition) is 4. The number of ether oxygens (including phenoxy) is 1. The third kappa shape index (κ3) is 4.80. The standard InChI is InChI=1S/C23H19F2N3O2S/c1-27(15-16-9-11-18(12-10-16)30-23(24)25)22(29)20-14-19(21-8-5-13-31-21)26-28(20)17-6-3-2-4-7-17/h2-14,23H,15H2,1H3. The molecule has 4 aromatic rings. The van der Waals surface area contributed by atoms with Crippen LogP contribution in [0.1, 0.15) is 16.1 Å². The van der Waals surface area contributed by atoms with Crippen LogP contribution in [0.4, 0.5) is 8.78 Å². The number of carbonyl (C=O) groups excluding carboxylic acids is 1. The summed E-state index contributed by atoms with van der Waals surface area (Å²) in [5.74, 6) is -0.123. The highest BCUT2D eigenvalue weighted by molar-refractivity contribution is 7.13. The fourth-order valence-electron chi connectivity index (χ4n) is 3.16. The smallest absolute Gasteiger partial charge is 0.387 e. The lowest BCUT2D eigenvalue weighted by Crippen LogP contribution is -2.28. The van der Waals surface area contributed by atoms with Gasteiger partial charge in [0, 0.05) is 13.6 Å². The first kappa shape index (κ1) is 20.7. The maximum atomic E-state index is 13.3. The van der Waals surface area contributed by atoms with Gasteiger partial charge in [0.25, 0.3) is 5.91 Å². The number of alkyl halides is 2. The molecule has 0 aliphatic rings. The Kier molecular flexibility index (Phi) is 6.08. The summed E-state index contributed by atoms with van der Waals surface area (Å²) < 4.78 is 30.7. The predicted octanol–water partition coefficient (Wildman–Crippen LogP) is 5.47. The van der Waals surface area contributed by atoms with Crippen molar-refractivity contribution in [2.75, 3.05) is 7.05 Å². The summed E-state index contributed by atoms with van der Waals surface area (Å²) in [5.41, 5.74) is 2.75. The van der Waals surface area contributed by atoms with Crippen molar-refractivity contribution in [3.63, 3.8) is 0 Å². The Bertz CT molecular complexity index is 1140. The van der Waals surface area contributed by atoms with Gasteiger partial charge < -0.3 is 9.64 Å². The molecule has 0 N–H and O–H groups in total. The molecule has 0 saturated carbocycles. The summed E-state index contributed by atoms with van der Waals surface area (Å²) in [6, 6.07) is 21.4. The van der Waals surface area contributed by atoms with E-state index in [1.54, 1.807) is 46.2 Å². The van der Waals surface area contributed by atoms with Crippen LogP contribution in [0.25, 0.3) is 16.3 Å². The molecule has 8 heteroatoms. The van der Waals surface area contributed by atoms with Gasteiger partial charge in [-0.1, -0.05) is 36.4 Å². The molecule has 0 bridgehead atoms. The summed E-state index contributed by atoms with van der Waals surface area (Å²) in [7, 11) is 1.69. The van der Waals surface area contributed by atoms with E-state index in [1.807, 2.05) is 47.8 Å². The molecule has 1 amide bonds. The van der Waals surface area contributed by atoms with Crippen LogP contribution in [0.15, 0.2) is 78.2 Å². The van der Waals surface area contributed by atoms with Gasteiger partial charge in [-0.15, -0.1) is 11.3 Å². The van der Waals surface area contributed by atoms with Gasteiger partial charge in [0.2, 0.25) is 0 Å². The summed E-state index contributed by atoms with van der Waals surface area (Å²) in [6.45, 7) is -2.56. The Balaban J connectivity index is 1.59. The lowest BCUT2D eigenvalue weighted by molar-refractivity contribution is -0.0498. The lowest BCUT2D eigenvalue weighted by Gasteiger charge is -2.18. The Morgan fingerprint density at radius 2 is 1.84 bits per heavy atom. The van der Waals surface area contributed by atoms with Crippen molar-refractivity contribution in [2.45, 2.75) is 13.2 Å². The van der Waals surface area contributed by atoms with Crippen molar-refractivity contribution in [3.8, 4) is 22.0 Å².